The number of aromatic carboxylic acids is 1. The second kappa shape index (κ2) is 9.87. The Kier molecular flexibility index (Phi) is 7.82. The van der Waals surface area contributed by atoms with Gasteiger partial charge in [0, 0.05) is 19.7 Å². The van der Waals surface area contributed by atoms with Crippen LogP contribution in [0.15, 0.2) is 34.7 Å². The van der Waals surface area contributed by atoms with Crippen LogP contribution >= 0.6 is 0 Å². The van der Waals surface area contributed by atoms with E-state index < -0.39 is 16.0 Å². The van der Waals surface area contributed by atoms with E-state index in [0.29, 0.717) is 25.3 Å². The number of carboxylic acids is 1. The molecule has 1 aromatic rings. The first-order valence-corrected chi connectivity index (χ1v) is 10.6. The van der Waals surface area contributed by atoms with Crippen molar-refractivity contribution in [2.24, 2.45) is 0 Å². The van der Waals surface area contributed by atoms with Crippen molar-refractivity contribution in [3.8, 4) is 0 Å². The number of benzene rings is 1. The zero-order valence-electron chi connectivity index (χ0n) is 15.8. The number of hydrogen-bond donors (Lipinski definition) is 3. The van der Waals surface area contributed by atoms with Gasteiger partial charge in [0.05, 0.1) is 17.9 Å². The molecule has 0 amide bonds. The van der Waals surface area contributed by atoms with E-state index in [2.05, 4.69) is 16.1 Å². The molecular formula is C19H28N2O5S. The summed E-state index contributed by atoms with van der Waals surface area (Å²) in [7, 11) is -2.29. The molecule has 0 unspecified atom stereocenters. The summed E-state index contributed by atoms with van der Waals surface area (Å²) in [5.41, 5.74) is 1.56. The predicted octanol–water partition coefficient (Wildman–Crippen LogP) is 3.00. The number of rotatable bonds is 10. The van der Waals surface area contributed by atoms with E-state index in [1.807, 2.05) is 6.92 Å². The van der Waals surface area contributed by atoms with Gasteiger partial charge in [-0.05, 0) is 57.2 Å². The monoisotopic (exact) mass is 396 g/mol. The molecule has 0 saturated heterocycles. The summed E-state index contributed by atoms with van der Waals surface area (Å²) in [6.07, 6.45) is 7.24. The van der Waals surface area contributed by atoms with E-state index >= 15 is 0 Å². The lowest BCUT2D eigenvalue weighted by Crippen LogP contribution is -2.28. The fourth-order valence-electron chi connectivity index (χ4n) is 3.11. The molecule has 8 heteroatoms. The largest absolute Gasteiger partial charge is 0.478 e. The minimum Gasteiger partial charge on any atom is -0.478 e. The summed E-state index contributed by atoms with van der Waals surface area (Å²) in [4.78, 5) is 11.2. The summed E-state index contributed by atoms with van der Waals surface area (Å²) in [5.74, 6) is -1.17. The average molecular weight is 397 g/mol. The molecule has 0 radical (unpaired) electrons. The zero-order valence-corrected chi connectivity index (χ0v) is 16.6. The standard InChI is InChI=1S/C19H28N2O5S/c1-14(13-26-2)21-17-9-8-16(19(22)23)12-18(17)27(24,25)20-11-10-15-6-4-3-5-7-15/h6,8-9,12,14,20-21H,3-5,7,10-11,13H2,1-2H3,(H,22,23)/t14-/m1/s1. The van der Waals surface area contributed by atoms with Gasteiger partial charge in [-0.2, -0.15) is 0 Å². The topological polar surface area (TPSA) is 105 Å². The van der Waals surface area contributed by atoms with E-state index in [4.69, 9.17) is 4.74 Å². The van der Waals surface area contributed by atoms with Crippen LogP contribution in [0.5, 0.6) is 0 Å². The number of nitrogens with one attached hydrogen (secondary N) is 2. The fourth-order valence-corrected chi connectivity index (χ4v) is 4.33. The molecule has 0 fully saturated rings. The summed E-state index contributed by atoms with van der Waals surface area (Å²) >= 11 is 0. The Labute approximate surface area is 160 Å². The highest BCUT2D eigenvalue weighted by atomic mass is 32.2. The Bertz CT molecular complexity index is 789. The van der Waals surface area contributed by atoms with Crippen molar-refractivity contribution in [2.45, 2.75) is 50.0 Å². The average Bonchev–Trinajstić information content (AvgIpc) is 2.62. The normalized spacial score (nSPS) is 15.9. The Morgan fingerprint density at radius 3 is 2.74 bits per heavy atom. The third kappa shape index (κ3) is 6.34. The number of allylic oxidation sites excluding steroid dienone is 1. The van der Waals surface area contributed by atoms with Crippen molar-refractivity contribution >= 4 is 21.7 Å². The first kappa shape index (κ1) is 21.4. The summed E-state index contributed by atoms with van der Waals surface area (Å²) in [6.45, 7) is 2.54. The highest BCUT2D eigenvalue weighted by Gasteiger charge is 2.21. The van der Waals surface area contributed by atoms with Crippen molar-refractivity contribution < 1.29 is 23.1 Å². The van der Waals surface area contributed by atoms with Crippen LogP contribution in [0.25, 0.3) is 0 Å². The van der Waals surface area contributed by atoms with E-state index in [1.165, 1.54) is 30.2 Å². The number of hydrogen-bond acceptors (Lipinski definition) is 5. The minimum atomic E-state index is -3.85. The maximum absolute atomic E-state index is 12.8. The van der Waals surface area contributed by atoms with Crippen LogP contribution in [0, 0.1) is 0 Å². The molecule has 0 aliphatic heterocycles. The van der Waals surface area contributed by atoms with Gasteiger partial charge in [-0.3, -0.25) is 0 Å². The van der Waals surface area contributed by atoms with Gasteiger partial charge in [-0.15, -0.1) is 0 Å². The number of carbonyl (C=O) groups is 1. The lowest BCUT2D eigenvalue weighted by molar-refractivity contribution is 0.0696. The molecule has 1 aliphatic carbocycles. The Hall–Kier alpha value is -1.90. The highest BCUT2D eigenvalue weighted by Crippen LogP contribution is 2.25. The molecule has 0 aromatic heterocycles. The van der Waals surface area contributed by atoms with E-state index in [1.54, 1.807) is 7.11 Å². The molecular weight excluding hydrogens is 368 g/mol. The predicted molar refractivity (Wildman–Crippen MR) is 105 cm³/mol. The first-order chi connectivity index (χ1) is 12.8. The molecule has 1 atom stereocenters. The van der Waals surface area contributed by atoms with Gasteiger partial charge in [0.2, 0.25) is 10.0 Å². The third-order valence-corrected chi connectivity index (χ3v) is 5.96. The molecule has 3 N–H and O–H groups in total. The van der Waals surface area contributed by atoms with Crippen LogP contribution in [0.1, 0.15) is 49.4 Å². The second-order valence-corrected chi connectivity index (χ2v) is 8.51. The minimum absolute atomic E-state index is 0.0667. The van der Waals surface area contributed by atoms with E-state index in [-0.39, 0.29) is 16.5 Å². The molecule has 0 heterocycles. The van der Waals surface area contributed by atoms with Crippen LogP contribution in [0.3, 0.4) is 0 Å². The number of methoxy groups -OCH3 is 1. The number of ether oxygens (including phenoxy) is 1. The number of anilines is 1. The van der Waals surface area contributed by atoms with Gasteiger partial charge < -0.3 is 15.2 Å². The van der Waals surface area contributed by atoms with Gasteiger partial charge in [0.15, 0.2) is 0 Å². The van der Waals surface area contributed by atoms with Gasteiger partial charge in [-0.25, -0.2) is 17.9 Å². The summed E-state index contributed by atoms with van der Waals surface area (Å²) < 4.78 is 33.3. The third-order valence-electron chi connectivity index (χ3n) is 4.46. The lowest BCUT2D eigenvalue weighted by atomic mass is 9.97. The van der Waals surface area contributed by atoms with Crippen molar-refractivity contribution in [1.29, 1.82) is 0 Å². The quantitative estimate of drug-likeness (QED) is 0.525. The van der Waals surface area contributed by atoms with Crippen LogP contribution in [0.4, 0.5) is 5.69 Å². The molecule has 27 heavy (non-hydrogen) atoms. The smallest absolute Gasteiger partial charge is 0.335 e. The lowest BCUT2D eigenvalue weighted by Gasteiger charge is -2.19. The van der Waals surface area contributed by atoms with E-state index in [0.717, 1.165) is 19.3 Å². The Morgan fingerprint density at radius 2 is 2.11 bits per heavy atom. The van der Waals surface area contributed by atoms with E-state index in [9.17, 15) is 18.3 Å². The SMILES string of the molecule is COC[C@@H](C)Nc1ccc(C(=O)O)cc1S(=O)(=O)NCCC1=CCCCC1. The first-order valence-electron chi connectivity index (χ1n) is 9.14. The molecule has 7 nitrogen and oxygen atoms in total. The van der Waals surface area contributed by atoms with Crippen LogP contribution in [-0.4, -0.2) is 45.8 Å². The van der Waals surface area contributed by atoms with Crippen LogP contribution in [-0.2, 0) is 14.8 Å². The van der Waals surface area contributed by atoms with Crippen LogP contribution < -0.4 is 10.0 Å². The van der Waals surface area contributed by atoms with Gasteiger partial charge in [0.1, 0.15) is 4.90 Å². The Balaban J connectivity index is 2.19. The molecule has 0 spiro atoms. The molecule has 0 saturated carbocycles. The summed E-state index contributed by atoms with van der Waals surface area (Å²) in [6, 6.07) is 3.92. The van der Waals surface area contributed by atoms with Crippen molar-refractivity contribution in [1.82, 2.24) is 4.72 Å². The van der Waals surface area contributed by atoms with Crippen molar-refractivity contribution in [3.63, 3.8) is 0 Å². The van der Waals surface area contributed by atoms with Gasteiger partial charge in [0.25, 0.3) is 0 Å². The Morgan fingerprint density at radius 1 is 1.33 bits per heavy atom. The van der Waals surface area contributed by atoms with Crippen molar-refractivity contribution in [2.75, 3.05) is 25.6 Å². The molecule has 1 aromatic carbocycles. The molecule has 150 valence electrons. The van der Waals surface area contributed by atoms with Crippen LogP contribution in [0.2, 0.25) is 0 Å². The zero-order chi connectivity index (χ0) is 19.9. The van der Waals surface area contributed by atoms with Crippen molar-refractivity contribution in [3.05, 3.63) is 35.4 Å². The summed E-state index contributed by atoms with van der Waals surface area (Å²) in [5, 5.41) is 12.3. The maximum Gasteiger partial charge on any atom is 0.335 e. The molecule has 2 rings (SSSR count). The number of sulfonamides is 1. The number of carboxylic acid groups (broad SMARTS) is 1. The maximum atomic E-state index is 12.8. The van der Waals surface area contributed by atoms with Gasteiger partial charge >= 0.3 is 5.97 Å². The highest BCUT2D eigenvalue weighted by molar-refractivity contribution is 7.89. The second-order valence-electron chi connectivity index (χ2n) is 6.77. The molecule has 1 aliphatic rings. The molecule has 0 bridgehead atoms. The van der Waals surface area contributed by atoms with Gasteiger partial charge in [-0.1, -0.05) is 11.6 Å². The fraction of sp³-hybridized carbons (Fsp3) is 0.526.